The molecule has 0 bridgehead atoms. The molecule has 0 aliphatic carbocycles. The van der Waals surface area contributed by atoms with Crippen molar-refractivity contribution in [3.63, 3.8) is 0 Å². The summed E-state index contributed by atoms with van der Waals surface area (Å²) < 4.78 is 104. The molecular weight excluding hydrogens is 273 g/mol. The second kappa shape index (κ2) is 9.14. The van der Waals surface area contributed by atoms with Gasteiger partial charge in [-0.3, -0.25) is 4.55 Å². The average Bonchev–Trinajstić information content (AvgIpc) is 1.41. The van der Waals surface area contributed by atoms with Crippen LogP contribution in [0.25, 0.3) is 0 Å². The Bertz CT molecular complexity index is 213. The molecule has 16 heavy (non-hydrogen) atoms. The van der Waals surface area contributed by atoms with Crippen LogP contribution in [0.2, 0.25) is 0 Å². The monoisotopic (exact) mass is 278 g/mol. The molecule has 0 aromatic rings. The molecule has 0 amide bonds. The molecule has 3 nitrogen and oxygen atoms in total. The van der Waals surface area contributed by atoms with Crippen LogP contribution in [0.5, 0.6) is 0 Å². The van der Waals surface area contributed by atoms with E-state index in [-0.39, 0.29) is 18.9 Å². The molecule has 0 aromatic heterocycles. The number of halogens is 8. The van der Waals surface area contributed by atoms with Crippen molar-refractivity contribution in [2.45, 2.75) is 0 Å². The van der Waals surface area contributed by atoms with Crippen molar-refractivity contribution in [2.24, 2.45) is 0 Å². The van der Waals surface area contributed by atoms with Crippen LogP contribution < -0.4 is 0 Å². The molecule has 0 heterocycles. The number of hydrogen-bond acceptors (Lipinski definition) is 2. The number of hydrogen-bond donors (Lipinski definition) is 1. The van der Waals surface area contributed by atoms with Gasteiger partial charge in [0.2, 0.25) is 0 Å². The predicted octanol–water partition coefficient (Wildman–Crippen LogP) is 1.46. The Balaban J connectivity index is -0.0000000655. The van der Waals surface area contributed by atoms with Gasteiger partial charge >= 0.3 is 33.4 Å². The summed E-state index contributed by atoms with van der Waals surface area (Å²) in [5.41, 5.74) is 0. The van der Waals surface area contributed by atoms with Crippen molar-refractivity contribution in [3.05, 3.63) is 0 Å². The summed E-state index contributed by atoms with van der Waals surface area (Å²) >= 11 is 0. The Kier molecular flexibility index (Phi) is 14.3. The normalized spacial score (nSPS) is 11.1. The van der Waals surface area contributed by atoms with Crippen LogP contribution in [-0.2, 0) is 10.1 Å². The standard InChI is InChI=1S/CH4O3S.2BF4.Li.H/c1-5(2,3)4;2*2-1(3,4)5;;/h1H3,(H,2,3,4);;;;/q;2*-1;;. The predicted molar refractivity (Wildman–Crippen MR) is 45.0 cm³/mol. The fourth-order valence-electron chi connectivity index (χ4n) is 0. The number of rotatable bonds is 0. The SMILES string of the molecule is CS(=O)(=O)O.F[B-](F)(F)F.F[B-](F)(F)F.[LiH]. The van der Waals surface area contributed by atoms with E-state index in [2.05, 4.69) is 0 Å². The van der Waals surface area contributed by atoms with Crippen LogP contribution in [0, 0.1) is 0 Å². The Morgan fingerprint density at radius 3 is 0.812 bits per heavy atom. The molecule has 0 aromatic carbocycles. The van der Waals surface area contributed by atoms with Crippen LogP contribution in [-0.4, -0.2) is 52.6 Å². The van der Waals surface area contributed by atoms with E-state index in [0.29, 0.717) is 6.26 Å². The molecule has 0 aliphatic rings. The van der Waals surface area contributed by atoms with Crippen LogP contribution in [0.15, 0.2) is 0 Å². The Morgan fingerprint density at radius 1 is 0.812 bits per heavy atom. The van der Waals surface area contributed by atoms with Gasteiger partial charge in [-0.2, -0.15) is 8.42 Å². The van der Waals surface area contributed by atoms with Crippen molar-refractivity contribution in [1.29, 1.82) is 0 Å². The van der Waals surface area contributed by atoms with Gasteiger partial charge in [-0.1, -0.05) is 0 Å². The van der Waals surface area contributed by atoms with Crippen molar-refractivity contribution in [1.82, 2.24) is 0 Å². The average molecular weight is 278 g/mol. The van der Waals surface area contributed by atoms with Gasteiger partial charge in [0.05, 0.1) is 6.26 Å². The molecule has 0 aliphatic heterocycles. The van der Waals surface area contributed by atoms with Crippen LogP contribution in [0.3, 0.4) is 0 Å². The van der Waals surface area contributed by atoms with E-state index in [1.807, 2.05) is 0 Å². The first kappa shape index (κ1) is 25.1. The quantitative estimate of drug-likeness (QED) is 0.414. The van der Waals surface area contributed by atoms with Gasteiger partial charge in [0.15, 0.2) is 0 Å². The van der Waals surface area contributed by atoms with Gasteiger partial charge in [-0.15, -0.1) is 0 Å². The fraction of sp³-hybridized carbons (Fsp3) is 1.00. The molecular formula is CH5B2F8LiO3S-2. The second-order valence-corrected chi connectivity index (χ2v) is 3.19. The third-order valence-corrected chi connectivity index (χ3v) is 0. The third kappa shape index (κ3) is 403000. The van der Waals surface area contributed by atoms with E-state index >= 15 is 0 Å². The van der Waals surface area contributed by atoms with Crippen LogP contribution in [0.1, 0.15) is 0 Å². The van der Waals surface area contributed by atoms with Gasteiger partial charge in [-0.05, 0) is 0 Å². The zero-order chi connectivity index (χ0) is 13.5. The van der Waals surface area contributed by atoms with E-state index in [4.69, 9.17) is 4.55 Å². The summed E-state index contributed by atoms with van der Waals surface area (Å²) in [5, 5.41) is 0. The van der Waals surface area contributed by atoms with E-state index in [9.17, 15) is 42.9 Å². The van der Waals surface area contributed by atoms with E-state index < -0.39 is 24.6 Å². The van der Waals surface area contributed by atoms with Gasteiger partial charge in [-0.25, -0.2) is 0 Å². The van der Waals surface area contributed by atoms with Crippen molar-refractivity contribution >= 4 is 43.5 Å². The van der Waals surface area contributed by atoms with Crippen LogP contribution in [0.4, 0.5) is 34.5 Å². The summed E-state index contributed by atoms with van der Waals surface area (Å²) in [6.45, 7) is 0. The zero-order valence-electron chi connectivity index (χ0n) is 6.85. The minimum absolute atomic E-state index is 0. The van der Waals surface area contributed by atoms with Crippen molar-refractivity contribution in [3.8, 4) is 0 Å². The molecule has 0 fully saturated rings. The molecule has 0 atom stereocenters. The fourth-order valence-corrected chi connectivity index (χ4v) is 0. The molecule has 15 heteroatoms. The Morgan fingerprint density at radius 2 is 0.812 bits per heavy atom. The molecule has 0 saturated carbocycles. The third-order valence-electron chi connectivity index (χ3n) is 0. The van der Waals surface area contributed by atoms with Gasteiger partial charge in [0, 0.05) is 0 Å². The Hall–Kier alpha value is 0.0773. The first-order valence-corrected chi connectivity index (χ1v) is 4.52. The molecule has 0 saturated heterocycles. The molecule has 0 radical (unpaired) electrons. The summed E-state index contributed by atoms with van der Waals surface area (Å²) in [4.78, 5) is 0. The minimum atomic E-state index is -6.00. The van der Waals surface area contributed by atoms with E-state index in [1.165, 1.54) is 0 Å². The Labute approximate surface area is 97.7 Å². The van der Waals surface area contributed by atoms with E-state index in [1.54, 1.807) is 0 Å². The zero-order valence-corrected chi connectivity index (χ0v) is 7.67. The topological polar surface area (TPSA) is 54.4 Å². The molecule has 1 N–H and O–H groups in total. The first-order valence-electron chi connectivity index (χ1n) is 2.67. The van der Waals surface area contributed by atoms with Crippen molar-refractivity contribution in [2.75, 3.05) is 6.26 Å². The first-order chi connectivity index (χ1) is 6.00. The molecule has 0 rings (SSSR count). The maximum absolute atomic E-state index is 9.75. The molecule has 0 unspecified atom stereocenters. The van der Waals surface area contributed by atoms with Gasteiger partial charge < -0.3 is 34.5 Å². The second-order valence-electron chi connectivity index (χ2n) is 1.72. The van der Waals surface area contributed by atoms with Crippen molar-refractivity contribution < 1.29 is 47.5 Å². The summed E-state index contributed by atoms with van der Waals surface area (Å²) in [7, 11) is -15.7. The van der Waals surface area contributed by atoms with Crippen LogP contribution >= 0.6 is 0 Å². The summed E-state index contributed by atoms with van der Waals surface area (Å²) in [6, 6.07) is 0. The maximum atomic E-state index is 9.75. The molecule has 0 spiro atoms. The van der Waals surface area contributed by atoms with Gasteiger partial charge in [0.1, 0.15) is 0 Å². The summed E-state index contributed by atoms with van der Waals surface area (Å²) in [6.07, 6.45) is 0.715. The van der Waals surface area contributed by atoms with Gasteiger partial charge in [0.25, 0.3) is 10.1 Å². The molecule has 98 valence electrons. The summed E-state index contributed by atoms with van der Waals surface area (Å²) in [5.74, 6) is 0. The van der Waals surface area contributed by atoms with E-state index in [0.717, 1.165) is 0 Å².